The monoisotopic (exact) mass is 403 g/mol. The molecule has 0 unspecified atom stereocenters. The fourth-order valence-electron chi connectivity index (χ4n) is 3.01. The molecule has 0 spiro atoms. The number of aliphatic carboxylic acids is 1. The van der Waals surface area contributed by atoms with E-state index in [0.717, 1.165) is 37.7 Å². The van der Waals surface area contributed by atoms with E-state index in [2.05, 4.69) is 18.3 Å². The lowest BCUT2D eigenvalue weighted by Gasteiger charge is -2.13. The molecule has 0 fully saturated rings. The molecule has 1 amide bonds. The number of nitrogens with one attached hydrogen (secondary N) is 1. The second-order valence-corrected chi connectivity index (χ2v) is 7.42. The van der Waals surface area contributed by atoms with Gasteiger partial charge in [-0.3, -0.25) is 4.79 Å². The van der Waals surface area contributed by atoms with Gasteiger partial charge in [0, 0.05) is 19.1 Å². The van der Waals surface area contributed by atoms with Gasteiger partial charge in [0.25, 0.3) is 0 Å². The average Bonchev–Trinajstić information content (AvgIpc) is 2.67. The number of amides is 1. The molecule has 4 N–H and O–H groups in total. The van der Waals surface area contributed by atoms with Crippen molar-refractivity contribution in [3.05, 3.63) is 53.6 Å². The highest BCUT2D eigenvalue weighted by Crippen LogP contribution is 2.14. The number of unbranched alkanes of at least 4 members (excludes halogenated alkanes) is 3. The number of carbonyl (C=O) groups is 2. The number of benzene rings is 1. The summed E-state index contributed by atoms with van der Waals surface area (Å²) in [5, 5.41) is 29.9. The van der Waals surface area contributed by atoms with Gasteiger partial charge >= 0.3 is 5.97 Å². The normalized spacial score (nSPS) is 14.0. The maximum Gasteiger partial charge on any atom is 0.326 e. The summed E-state index contributed by atoms with van der Waals surface area (Å²) >= 11 is 0. The summed E-state index contributed by atoms with van der Waals surface area (Å²) in [6, 6.07) is 5.19. The minimum Gasteiger partial charge on any atom is -0.508 e. The van der Waals surface area contributed by atoms with Gasteiger partial charge in [-0.15, -0.1) is 0 Å². The fraction of sp³-hybridized carbons (Fsp3) is 0.478. The van der Waals surface area contributed by atoms with Gasteiger partial charge in [-0.05, 0) is 43.4 Å². The molecule has 1 rings (SSSR count). The zero-order valence-electron chi connectivity index (χ0n) is 17.3. The van der Waals surface area contributed by atoms with Crippen LogP contribution in [0.15, 0.2) is 48.1 Å². The van der Waals surface area contributed by atoms with Crippen molar-refractivity contribution >= 4 is 11.9 Å². The molecule has 0 radical (unpaired) electrons. The number of aromatic hydroxyl groups is 1. The minimum atomic E-state index is -1.11. The fourth-order valence-corrected chi connectivity index (χ4v) is 3.01. The minimum absolute atomic E-state index is 0.106. The second-order valence-electron chi connectivity index (χ2n) is 7.42. The van der Waals surface area contributed by atoms with Crippen LogP contribution in [0.3, 0.4) is 0 Å². The molecule has 0 aromatic heterocycles. The molecule has 1 aromatic carbocycles. The molecule has 0 aliphatic rings. The lowest BCUT2D eigenvalue weighted by molar-refractivity contribution is -0.141. The molecular weight excluding hydrogens is 370 g/mol. The number of carbonyl (C=O) groups excluding carboxylic acids is 1. The number of aliphatic hydroxyl groups excluding tert-OH is 1. The quantitative estimate of drug-likeness (QED) is 0.229. The Bertz CT molecular complexity index is 694. The number of hydrogen-bond donors (Lipinski definition) is 4. The molecule has 6 nitrogen and oxygen atoms in total. The number of allylic oxidation sites excluding steroid dienone is 3. The number of rotatable bonds is 13. The first-order valence-electron chi connectivity index (χ1n) is 10.1. The summed E-state index contributed by atoms with van der Waals surface area (Å²) in [7, 11) is 0. The van der Waals surface area contributed by atoms with Crippen molar-refractivity contribution in [1.82, 2.24) is 5.32 Å². The Morgan fingerprint density at radius 3 is 2.34 bits per heavy atom. The topological polar surface area (TPSA) is 107 Å². The van der Waals surface area contributed by atoms with Crippen LogP contribution < -0.4 is 5.32 Å². The Labute approximate surface area is 173 Å². The van der Waals surface area contributed by atoms with Gasteiger partial charge in [-0.25, -0.2) is 4.79 Å². The van der Waals surface area contributed by atoms with Gasteiger partial charge in [0.1, 0.15) is 11.8 Å². The van der Waals surface area contributed by atoms with E-state index in [9.17, 15) is 19.8 Å². The van der Waals surface area contributed by atoms with Crippen molar-refractivity contribution in [3.8, 4) is 5.75 Å². The van der Waals surface area contributed by atoms with Gasteiger partial charge in [0.05, 0.1) is 0 Å². The average molecular weight is 404 g/mol. The molecule has 1 aromatic rings. The Hall–Kier alpha value is -2.60. The highest BCUT2D eigenvalue weighted by Gasteiger charge is 2.19. The van der Waals surface area contributed by atoms with E-state index in [1.54, 1.807) is 18.2 Å². The maximum absolute atomic E-state index is 12.1. The zero-order chi connectivity index (χ0) is 21.6. The van der Waals surface area contributed by atoms with E-state index < -0.39 is 17.9 Å². The lowest BCUT2D eigenvalue weighted by Crippen LogP contribution is -2.41. The van der Waals surface area contributed by atoms with E-state index in [1.807, 2.05) is 6.92 Å². The van der Waals surface area contributed by atoms with Crippen LogP contribution in [0.5, 0.6) is 5.75 Å². The summed E-state index contributed by atoms with van der Waals surface area (Å²) in [5.74, 6) is -1.07. The van der Waals surface area contributed by atoms with Crippen LogP contribution in [0.2, 0.25) is 0 Å². The Morgan fingerprint density at radius 2 is 1.72 bits per heavy atom. The molecule has 0 saturated carbocycles. The van der Waals surface area contributed by atoms with Gasteiger partial charge in [0.15, 0.2) is 0 Å². The van der Waals surface area contributed by atoms with Crippen LogP contribution >= 0.6 is 0 Å². The standard InChI is InChI=1S/C23H33NO5/c1-17(7-5-3-4-6-14-25)15-18(2)8-13-22(27)24-21(23(28)29)16-19-9-11-20(26)12-10-19/h8-13,15,17,21,25-26H,3-7,14,16H2,1-2H3,(H,24,27)(H,28,29)/b13-8+,18-15+/t17-,21+/m1/s1. The predicted molar refractivity (Wildman–Crippen MR) is 114 cm³/mol. The Kier molecular flexibility index (Phi) is 11.4. The van der Waals surface area contributed by atoms with Crippen LogP contribution in [-0.4, -0.2) is 39.8 Å². The number of hydrogen-bond acceptors (Lipinski definition) is 4. The summed E-state index contributed by atoms with van der Waals surface area (Å²) in [5.41, 5.74) is 1.66. The zero-order valence-corrected chi connectivity index (χ0v) is 17.3. The van der Waals surface area contributed by atoms with Crippen LogP contribution in [-0.2, 0) is 16.0 Å². The van der Waals surface area contributed by atoms with Gasteiger partial charge < -0.3 is 20.6 Å². The Morgan fingerprint density at radius 1 is 1.07 bits per heavy atom. The van der Waals surface area contributed by atoms with Crippen LogP contribution in [0.4, 0.5) is 0 Å². The first-order valence-corrected chi connectivity index (χ1v) is 10.1. The van der Waals surface area contributed by atoms with Crippen LogP contribution in [0.25, 0.3) is 0 Å². The first kappa shape index (κ1) is 24.4. The molecule has 2 atom stereocenters. The van der Waals surface area contributed by atoms with Gasteiger partial charge in [-0.1, -0.05) is 56.0 Å². The van der Waals surface area contributed by atoms with Gasteiger partial charge in [-0.2, -0.15) is 0 Å². The number of aliphatic hydroxyl groups is 1. The van der Waals surface area contributed by atoms with Crippen molar-refractivity contribution in [2.75, 3.05) is 6.61 Å². The molecular formula is C23H33NO5. The summed E-state index contributed by atoms with van der Waals surface area (Å²) in [6.07, 6.45) is 10.4. The molecule has 160 valence electrons. The second kappa shape index (κ2) is 13.6. The highest BCUT2D eigenvalue weighted by molar-refractivity contribution is 5.91. The summed E-state index contributed by atoms with van der Waals surface area (Å²) < 4.78 is 0. The van der Waals surface area contributed by atoms with E-state index >= 15 is 0 Å². The van der Waals surface area contributed by atoms with Crippen molar-refractivity contribution in [2.45, 2.75) is 58.4 Å². The summed E-state index contributed by atoms with van der Waals surface area (Å²) in [6.45, 7) is 4.29. The smallest absolute Gasteiger partial charge is 0.326 e. The van der Waals surface area contributed by atoms with Crippen molar-refractivity contribution in [1.29, 1.82) is 0 Å². The molecule has 0 saturated heterocycles. The third-order valence-electron chi connectivity index (χ3n) is 4.60. The lowest BCUT2D eigenvalue weighted by atomic mass is 10.00. The van der Waals surface area contributed by atoms with E-state index in [1.165, 1.54) is 18.2 Å². The largest absolute Gasteiger partial charge is 0.508 e. The molecule has 0 bridgehead atoms. The maximum atomic E-state index is 12.1. The highest BCUT2D eigenvalue weighted by atomic mass is 16.4. The molecule has 0 aliphatic heterocycles. The van der Waals surface area contributed by atoms with Gasteiger partial charge in [0.2, 0.25) is 5.91 Å². The van der Waals surface area contributed by atoms with Crippen LogP contribution in [0.1, 0.15) is 51.5 Å². The first-order chi connectivity index (χ1) is 13.8. The van der Waals surface area contributed by atoms with E-state index in [-0.39, 0.29) is 18.8 Å². The SMILES string of the molecule is CC(/C=C/C(=O)N[C@@H](Cc1ccc(O)cc1)C(=O)O)=C\[C@H](C)CCCCCCO. The molecule has 0 heterocycles. The third-order valence-corrected chi connectivity index (χ3v) is 4.60. The van der Waals surface area contributed by atoms with Crippen LogP contribution in [0, 0.1) is 5.92 Å². The number of phenols is 1. The predicted octanol–water partition coefficient (Wildman–Crippen LogP) is 3.59. The van der Waals surface area contributed by atoms with E-state index in [4.69, 9.17) is 5.11 Å². The molecule has 0 aliphatic carbocycles. The molecule has 6 heteroatoms. The summed E-state index contributed by atoms with van der Waals surface area (Å²) in [4.78, 5) is 23.6. The molecule has 29 heavy (non-hydrogen) atoms. The number of phenolic OH excluding ortho intramolecular Hbond substituents is 1. The van der Waals surface area contributed by atoms with Crippen molar-refractivity contribution in [2.24, 2.45) is 5.92 Å². The van der Waals surface area contributed by atoms with Crippen molar-refractivity contribution in [3.63, 3.8) is 0 Å². The van der Waals surface area contributed by atoms with E-state index in [0.29, 0.717) is 11.5 Å². The Balaban J connectivity index is 2.51. The van der Waals surface area contributed by atoms with Crippen molar-refractivity contribution < 1.29 is 24.9 Å². The third kappa shape index (κ3) is 11.1. The number of carboxylic acid groups (broad SMARTS) is 1. The number of carboxylic acids is 1.